The molecule has 0 radical (unpaired) electrons. The van der Waals surface area contributed by atoms with E-state index < -0.39 is 22.5 Å². The van der Waals surface area contributed by atoms with Crippen LogP contribution >= 0.6 is 11.3 Å². The number of carbonyl (C=O) groups is 1. The number of nitro groups is 1. The van der Waals surface area contributed by atoms with Crippen LogP contribution in [0.15, 0.2) is 30.3 Å². The fourth-order valence-electron chi connectivity index (χ4n) is 4.77. The second-order valence-electron chi connectivity index (χ2n) is 9.15. The molecule has 0 N–H and O–H groups in total. The van der Waals surface area contributed by atoms with E-state index >= 15 is 0 Å². The Labute approximate surface area is 216 Å². The summed E-state index contributed by atoms with van der Waals surface area (Å²) in [5.74, 6) is -2.02. The maximum absolute atomic E-state index is 14.4. The maximum Gasteiger partial charge on any atom is 0.293 e. The third-order valence-corrected chi connectivity index (χ3v) is 7.76. The molecule has 3 aromatic rings. The van der Waals surface area contributed by atoms with Gasteiger partial charge in [0.1, 0.15) is 17.0 Å². The molecule has 5 rings (SSSR count). The summed E-state index contributed by atoms with van der Waals surface area (Å²) >= 11 is 1.01. The first-order chi connectivity index (χ1) is 17.9. The average molecular weight is 532 g/mol. The van der Waals surface area contributed by atoms with E-state index in [2.05, 4.69) is 9.88 Å². The smallest absolute Gasteiger partial charge is 0.293 e. The molecule has 0 atom stereocenters. The van der Waals surface area contributed by atoms with Gasteiger partial charge in [-0.25, -0.2) is 13.8 Å². The van der Waals surface area contributed by atoms with Crippen LogP contribution in [0.3, 0.4) is 0 Å². The van der Waals surface area contributed by atoms with Crippen molar-refractivity contribution < 1.29 is 23.2 Å². The van der Waals surface area contributed by atoms with Crippen LogP contribution < -0.4 is 9.80 Å². The van der Waals surface area contributed by atoms with Crippen LogP contribution in [0.25, 0.3) is 10.2 Å². The van der Waals surface area contributed by atoms with Crippen LogP contribution in [0.2, 0.25) is 0 Å². The highest BCUT2D eigenvalue weighted by Crippen LogP contribution is 2.34. The SMILES string of the molecule is O=C(c1ccc(N2CCCCC2)c([N+](=O)[O-])c1)N(CCN1CCOCC1)c1nc2c(F)cc(F)cc2s1. The van der Waals surface area contributed by atoms with Crippen LogP contribution in [-0.4, -0.2) is 73.2 Å². The van der Waals surface area contributed by atoms with Crippen molar-refractivity contribution >= 4 is 44.0 Å². The summed E-state index contributed by atoms with van der Waals surface area (Å²) in [5, 5.41) is 12.2. The molecule has 1 amide bonds. The van der Waals surface area contributed by atoms with E-state index in [9.17, 15) is 23.7 Å². The third kappa shape index (κ3) is 5.55. The minimum atomic E-state index is -0.806. The number of carbonyl (C=O) groups excluding carboxylic acids is 1. The molecule has 0 aliphatic carbocycles. The summed E-state index contributed by atoms with van der Waals surface area (Å²) in [6, 6.07) is 6.47. The van der Waals surface area contributed by atoms with Crippen molar-refractivity contribution in [1.82, 2.24) is 9.88 Å². The highest BCUT2D eigenvalue weighted by Gasteiger charge is 2.28. The zero-order valence-electron chi connectivity index (χ0n) is 20.2. The first-order valence-corrected chi connectivity index (χ1v) is 13.1. The fraction of sp³-hybridized carbons (Fsp3) is 0.440. The van der Waals surface area contributed by atoms with E-state index in [1.807, 2.05) is 4.90 Å². The van der Waals surface area contributed by atoms with Gasteiger partial charge in [-0.1, -0.05) is 11.3 Å². The molecule has 2 aliphatic heterocycles. The second kappa shape index (κ2) is 11.0. The van der Waals surface area contributed by atoms with Gasteiger partial charge >= 0.3 is 0 Å². The van der Waals surface area contributed by atoms with Gasteiger partial charge in [0.2, 0.25) is 0 Å². The Bertz CT molecular complexity index is 1310. The molecular weight excluding hydrogens is 504 g/mol. The molecule has 0 bridgehead atoms. The van der Waals surface area contributed by atoms with Gasteiger partial charge in [0.25, 0.3) is 11.6 Å². The molecule has 2 saturated heterocycles. The average Bonchev–Trinajstić information content (AvgIpc) is 3.33. The number of nitro benzene ring substituents is 1. The molecule has 3 heterocycles. The summed E-state index contributed by atoms with van der Waals surface area (Å²) in [7, 11) is 0. The number of nitrogens with zero attached hydrogens (tertiary/aromatic N) is 5. The molecular formula is C25H27F2N5O4S. The zero-order valence-corrected chi connectivity index (χ0v) is 21.0. The van der Waals surface area contributed by atoms with Gasteiger partial charge in [-0.05, 0) is 37.5 Å². The summed E-state index contributed by atoms with van der Waals surface area (Å²) in [6.07, 6.45) is 3.01. The van der Waals surface area contributed by atoms with E-state index in [1.165, 1.54) is 17.0 Å². The minimum Gasteiger partial charge on any atom is -0.379 e. The topological polar surface area (TPSA) is 92.0 Å². The first-order valence-electron chi connectivity index (χ1n) is 12.3. The lowest BCUT2D eigenvalue weighted by Crippen LogP contribution is -2.43. The Balaban J connectivity index is 1.49. The van der Waals surface area contributed by atoms with Crippen molar-refractivity contribution in [3.8, 4) is 0 Å². The van der Waals surface area contributed by atoms with Crippen LogP contribution in [0.5, 0.6) is 0 Å². The molecule has 0 spiro atoms. The molecule has 196 valence electrons. The standard InChI is InChI=1S/C25H27F2N5O4S/c26-18-15-19(27)23-22(16-18)37-25(28-23)31(9-8-29-10-12-36-13-11-29)24(33)17-4-5-20(21(14-17)32(34)35)30-6-2-1-3-7-30/h4-5,14-16H,1-3,6-13H2. The fourth-order valence-corrected chi connectivity index (χ4v) is 5.80. The number of benzene rings is 2. The van der Waals surface area contributed by atoms with Gasteiger partial charge in [-0.3, -0.25) is 24.7 Å². The minimum absolute atomic E-state index is 0.0167. The van der Waals surface area contributed by atoms with Gasteiger partial charge in [0.05, 0.1) is 22.8 Å². The Morgan fingerprint density at radius 2 is 1.86 bits per heavy atom. The number of rotatable bonds is 7. The summed E-state index contributed by atoms with van der Waals surface area (Å²) in [5.41, 5.74) is 0.495. The van der Waals surface area contributed by atoms with E-state index in [0.717, 1.165) is 49.8 Å². The molecule has 2 fully saturated rings. The number of hydrogen-bond acceptors (Lipinski definition) is 8. The van der Waals surface area contributed by atoms with Crippen LogP contribution in [0, 0.1) is 21.7 Å². The van der Waals surface area contributed by atoms with Crippen LogP contribution in [-0.2, 0) is 4.74 Å². The number of anilines is 2. The molecule has 12 heteroatoms. The highest BCUT2D eigenvalue weighted by atomic mass is 32.1. The van der Waals surface area contributed by atoms with Crippen molar-refractivity contribution in [2.45, 2.75) is 19.3 Å². The molecule has 9 nitrogen and oxygen atoms in total. The van der Waals surface area contributed by atoms with Crippen LogP contribution in [0.1, 0.15) is 29.6 Å². The van der Waals surface area contributed by atoms with Crippen molar-refractivity contribution in [2.24, 2.45) is 0 Å². The predicted molar refractivity (Wildman–Crippen MR) is 138 cm³/mol. The van der Waals surface area contributed by atoms with Gasteiger partial charge in [0.15, 0.2) is 10.9 Å². The maximum atomic E-state index is 14.4. The Morgan fingerprint density at radius 1 is 1.11 bits per heavy atom. The van der Waals surface area contributed by atoms with Crippen LogP contribution in [0.4, 0.5) is 25.3 Å². The van der Waals surface area contributed by atoms with Gasteiger partial charge in [-0.2, -0.15) is 0 Å². The molecule has 0 unspecified atom stereocenters. The number of fused-ring (bicyclic) bond motifs is 1. The molecule has 2 aromatic carbocycles. The number of hydrogen-bond donors (Lipinski definition) is 0. The number of aromatic nitrogens is 1. The normalized spacial score (nSPS) is 16.8. The van der Waals surface area contributed by atoms with E-state index in [0.29, 0.717) is 38.5 Å². The lowest BCUT2D eigenvalue weighted by molar-refractivity contribution is -0.384. The van der Waals surface area contributed by atoms with Crippen molar-refractivity contribution in [1.29, 1.82) is 0 Å². The summed E-state index contributed by atoms with van der Waals surface area (Å²) < 4.78 is 33.9. The van der Waals surface area contributed by atoms with Gasteiger partial charge < -0.3 is 9.64 Å². The molecule has 0 saturated carbocycles. The number of piperidine rings is 1. The molecule has 2 aliphatic rings. The van der Waals surface area contributed by atoms with E-state index in [1.54, 1.807) is 12.1 Å². The van der Waals surface area contributed by atoms with Crippen molar-refractivity contribution in [2.75, 3.05) is 62.3 Å². The summed E-state index contributed by atoms with van der Waals surface area (Å²) in [6.45, 7) is 4.78. The van der Waals surface area contributed by atoms with E-state index in [-0.39, 0.29) is 33.1 Å². The highest BCUT2D eigenvalue weighted by molar-refractivity contribution is 7.22. The Hall–Kier alpha value is -3.22. The molecule has 37 heavy (non-hydrogen) atoms. The molecule has 1 aromatic heterocycles. The number of amides is 1. The number of ether oxygens (including phenoxy) is 1. The Kier molecular flexibility index (Phi) is 7.58. The van der Waals surface area contributed by atoms with Gasteiger partial charge in [0, 0.05) is 57.0 Å². The first kappa shape index (κ1) is 25.4. The number of morpholine rings is 1. The number of thiazole rings is 1. The Morgan fingerprint density at radius 3 is 2.59 bits per heavy atom. The largest absolute Gasteiger partial charge is 0.379 e. The zero-order chi connectivity index (χ0) is 25.9. The monoisotopic (exact) mass is 531 g/mol. The van der Waals surface area contributed by atoms with Crippen molar-refractivity contribution in [3.63, 3.8) is 0 Å². The van der Waals surface area contributed by atoms with Gasteiger partial charge in [-0.15, -0.1) is 0 Å². The van der Waals surface area contributed by atoms with E-state index in [4.69, 9.17) is 4.74 Å². The predicted octanol–water partition coefficient (Wildman–Crippen LogP) is 4.45. The lowest BCUT2D eigenvalue weighted by atomic mass is 10.1. The quantitative estimate of drug-likeness (QED) is 0.329. The second-order valence-corrected chi connectivity index (χ2v) is 10.2. The summed E-state index contributed by atoms with van der Waals surface area (Å²) in [4.78, 5) is 35.1. The van der Waals surface area contributed by atoms with Crippen molar-refractivity contribution in [3.05, 3.63) is 57.6 Å². The lowest BCUT2D eigenvalue weighted by Gasteiger charge is -2.30. The number of halogens is 2. The third-order valence-electron chi connectivity index (χ3n) is 6.74.